The third-order valence-electron chi connectivity index (χ3n) is 7.14. The molecule has 1 aliphatic carbocycles. The number of hydrogen-bond acceptors (Lipinski definition) is 15. The van der Waals surface area contributed by atoms with Crippen molar-refractivity contribution in [3.63, 3.8) is 0 Å². The van der Waals surface area contributed by atoms with E-state index in [-0.39, 0.29) is 45.8 Å². The van der Waals surface area contributed by atoms with Crippen LogP contribution in [-0.4, -0.2) is 149 Å². The van der Waals surface area contributed by atoms with E-state index in [4.69, 9.17) is 34.5 Å². The summed E-state index contributed by atoms with van der Waals surface area (Å²) in [6.07, 6.45) is -7.38. The van der Waals surface area contributed by atoms with Crippen molar-refractivity contribution in [1.29, 1.82) is 0 Å². The average molecular weight is 667 g/mol. The highest BCUT2D eigenvalue weighted by molar-refractivity contribution is 5.81. The Morgan fingerprint density at radius 3 is 2.50 bits per heavy atom. The number of alkyl carbamates (subject to hydrolysis) is 1. The summed E-state index contributed by atoms with van der Waals surface area (Å²) < 4.78 is 28.7. The first kappa shape index (κ1) is 40.0. The number of hydrogen-bond donors (Lipinski definition) is 10. The van der Waals surface area contributed by atoms with Crippen LogP contribution in [0.2, 0.25) is 0 Å². The molecule has 0 bridgehead atoms. The molecule has 1 saturated carbocycles. The van der Waals surface area contributed by atoms with Gasteiger partial charge in [-0.05, 0) is 46.1 Å². The molecule has 1 unspecified atom stereocenters. The summed E-state index contributed by atoms with van der Waals surface area (Å²) in [5.74, 6) is -0.350. The second-order valence-corrected chi connectivity index (χ2v) is 12.3. The van der Waals surface area contributed by atoms with Gasteiger partial charge in [-0.25, -0.2) is 4.79 Å². The maximum absolute atomic E-state index is 13.0. The van der Waals surface area contributed by atoms with Crippen molar-refractivity contribution in [3.05, 3.63) is 11.8 Å². The summed E-state index contributed by atoms with van der Waals surface area (Å²) in [6.45, 7) is 5.71. The van der Waals surface area contributed by atoms with Gasteiger partial charge in [-0.2, -0.15) is 0 Å². The van der Waals surface area contributed by atoms with Crippen LogP contribution in [0.1, 0.15) is 53.4 Å². The number of nitrogens with one attached hydrogen (secondary N) is 3. The Morgan fingerprint density at radius 2 is 1.87 bits per heavy atom. The number of amides is 2. The summed E-state index contributed by atoms with van der Waals surface area (Å²) in [7, 11) is 0. The van der Waals surface area contributed by atoms with Gasteiger partial charge >= 0.3 is 6.09 Å². The number of ether oxygens (including phenoxy) is 5. The average Bonchev–Trinajstić information content (AvgIpc) is 3.00. The number of allylic oxidation sites excluding steroid dienone is 1. The Hall–Kier alpha value is -2.16. The molecular formula is C29H54N4O13. The van der Waals surface area contributed by atoms with Gasteiger partial charge in [0, 0.05) is 19.0 Å². The van der Waals surface area contributed by atoms with Crippen LogP contribution in [-0.2, 0) is 28.5 Å². The van der Waals surface area contributed by atoms with Crippen molar-refractivity contribution in [2.24, 2.45) is 5.73 Å². The summed E-state index contributed by atoms with van der Waals surface area (Å²) in [4.78, 5) is 24.9. The van der Waals surface area contributed by atoms with Crippen LogP contribution in [0.5, 0.6) is 0 Å². The zero-order valence-electron chi connectivity index (χ0n) is 27.0. The Kier molecular flexibility index (Phi) is 17.1. The standard InChI is InChI=1S/C29H54N4O13/c1-5-20(37)27(42-10-9-34)45-25-19(33-26(40)21(38)14-32-28(41)46-29(2,3)4)11-18(30)24(23(25)39)44-22-8-6-7-17(43-22)13-31-12-16(36)15-35/h7,16,18-25,27,31,34-39H,5-6,8-15,30H2,1-4H3,(H,32,41)(H,33,40)/t16?,18-,19+,20+,21+,22+,23-,24+,25-,27+/m0/s1. The molecule has 0 aromatic rings. The Bertz CT molecular complexity index is 953. The molecule has 0 spiro atoms. The van der Waals surface area contributed by atoms with E-state index in [1.54, 1.807) is 27.7 Å². The largest absolute Gasteiger partial charge is 0.468 e. The monoisotopic (exact) mass is 666 g/mol. The highest BCUT2D eigenvalue weighted by Crippen LogP contribution is 2.30. The topological polar surface area (TPSA) is 264 Å². The van der Waals surface area contributed by atoms with Crippen LogP contribution < -0.4 is 21.7 Å². The number of aliphatic hydroxyl groups is 6. The Morgan fingerprint density at radius 1 is 1.15 bits per heavy atom. The maximum Gasteiger partial charge on any atom is 0.407 e. The Balaban J connectivity index is 2.16. The minimum Gasteiger partial charge on any atom is -0.468 e. The van der Waals surface area contributed by atoms with E-state index in [2.05, 4.69) is 16.0 Å². The quantitative estimate of drug-likeness (QED) is 0.0667. The second kappa shape index (κ2) is 19.6. The van der Waals surface area contributed by atoms with Crippen LogP contribution in [0, 0.1) is 0 Å². The highest BCUT2D eigenvalue weighted by Gasteiger charge is 2.48. The molecule has 2 aliphatic rings. The zero-order chi connectivity index (χ0) is 34.4. The molecule has 268 valence electrons. The molecule has 0 radical (unpaired) electrons. The first-order valence-corrected chi connectivity index (χ1v) is 15.6. The summed E-state index contributed by atoms with van der Waals surface area (Å²) in [6, 6.07) is -1.84. The molecule has 17 heteroatoms. The first-order valence-electron chi connectivity index (χ1n) is 15.6. The van der Waals surface area contributed by atoms with Gasteiger partial charge in [0.15, 0.2) is 12.6 Å². The van der Waals surface area contributed by atoms with Crippen LogP contribution in [0.15, 0.2) is 11.8 Å². The van der Waals surface area contributed by atoms with Crippen molar-refractivity contribution in [3.8, 4) is 0 Å². The van der Waals surface area contributed by atoms with Gasteiger partial charge in [0.2, 0.25) is 0 Å². The molecule has 1 heterocycles. The van der Waals surface area contributed by atoms with Crippen molar-refractivity contribution >= 4 is 12.0 Å². The van der Waals surface area contributed by atoms with E-state index in [0.29, 0.717) is 18.6 Å². The van der Waals surface area contributed by atoms with Gasteiger partial charge in [0.1, 0.15) is 41.9 Å². The van der Waals surface area contributed by atoms with Crippen molar-refractivity contribution < 1.29 is 63.9 Å². The van der Waals surface area contributed by atoms with Gasteiger partial charge in [-0.1, -0.05) is 6.92 Å². The van der Waals surface area contributed by atoms with E-state index in [9.17, 15) is 35.1 Å². The zero-order valence-corrected chi connectivity index (χ0v) is 27.0. The molecule has 10 atom stereocenters. The van der Waals surface area contributed by atoms with Crippen LogP contribution in [0.25, 0.3) is 0 Å². The lowest BCUT2D eigenvalue weighted by Gasteiger charge is -2.45. The molecule has 2 amide bonds. The predicted octanol–water partition coefficient (Wildman–Crippen LogP) is -2.71. The van der Waals surface area contributed by atoms with Crippen LogP contribution in [0.4, 0.5) is 4.79 Å². The molecule has 17 nitrogen and oxygen atoms in total. The van der Waals surface area contributed by atoms with Crippen LogP contribution >= 0.6 is 0 Å². The maximum atomic E-state index is 13.0. The molecular weight excluding hydrogens is 612 g/mol. The van der Waals surface area contributed by atoms with Crippen molar-refractivity contribution in [2.75, 3.05) is 39.5 Å². The lowest BCUT2D eigenvalue weighted by molar-refractivity contribution is -0.269. The summed E-state index contributed by atoms with van der Waals surface area (Å²) >= 11 is 0. The molecule has 1 aliphatic heterocycles. The predicted molar refractivity (Wildman–Crippen MR) is 162 cm³/mol. The third kappa shape index (κ3) is 13.5. The fraction of sp³-hybridized carbons (Fsp3) is 0.862. The fourth-order valence-corrected chi connectivity index (χ4v) is 4.83. The molecule has 1 fully saturated rings. The first-order chi connectivity index (χ1) is 21.7. The van der Waals surface area contributed by atoms with Gasteiger partial charge in [-0.3, -0.25) is 4.79 Å². The number of carbonyl (C=O) groups is 2. The van der Waals surface area contributed by atoms with Gasteiger partial charge in [0.05, 0.1) is 45.1 Å². The normalized spacial score (nSPS) is 27.8. The number of carbonyl (C=O) groups excluding carboxylic acids is 2. The van der Waals surface area contributed by atoms with Crippen molar-refractivity contribution in [1.82, 2.24) is 16.0 Å². The molecule has 11 N–H and O–H groups in total. The minimum absolute atomic E-state index is 0.00923. The summed E-state index contributed by atoms with van der Waals surface area (Å²) in [5, 5.41) is 68.2. The lowest BCUT2D eigenvalue weighted by Crippen LogP contribution is -2.66. The molecule has 46 heavy (non-hydrogen) atoms. The molecule has 0 saturated heterocycles. The molecule has 0 aromatic carbocycles. The smallest absolute Gasteiger partial charge is 0.407 e. The number of aliphatic hydroxyl groups excluding tert-OH is 6. The van der Waals surface area contributed by atoms with Gasteiger partial charge in [-0.15, -0.1) is 0 Å². The van der Waals surface area contributed by atoms with Crippen molar-refractivity contribution in [2.45, 2.75) is 120 Å². The van der Waals surface area contributed by atoms with E-state index in [0.717, 1.165) is 0 Å². The lowest BCUT2D eigenvalue weighted by atomic mass is 9.83. The van der Waals surface area contributed by atoms with Crippen LogP contribution in [0.3, 0.4) is 0 Å². The van der Waals surface area contributed by atoms with E-state index in [1.165, 1.54) is 0 Å². The second-order valence-electron chi connectivity index (χ2n) is 12.3. The van der Waals surface area contributed by atoms with Gasteiger partial charge < -0.3 is 76.0 Å². The molecule has 0 aromatic heterocycles. The summed E-state index contributed by atoms with van der Waals surface area (Å²) in [5.41, 5.74) is 5.65. The highest BCUT2D eigenvalue weighted by atomic mass is 16.7. The Labute approximate surface area is 269 Å². The fourth-order valence-electron chi connectivity index (χ4n) is 4.83. The molecule has 2 rings (SSSR count). The van der Waals surface area contributed by atoms with Gasteiger partial charge in [0.25, 0.3) is 5.91 Å². The number of rotatable bonds is 18. The number of nitrogens with two attached hydrogens (primary N) is 1. The van der Waals surface area contributed by atoms with E-state index in [1.807, 2.05) is 6.08 Å². The third-order valence-corrected chi connectivity index (χ3v) is 7.14. The van der Waals surface area contributed by atoms with E-state index < -0.39 is 85.4 Å². The SMILES string of the molecule is CC[C@@H](O)[C@H](OCCO)O[C@@H]1[C@@H](O)[C@H](O[C@@H]2CCC=C(CNCC(O)CO)O2)[C@@H](N)C[C@H]1NC(=O)[C@H](O)CNC(=O)OC(C)(C)C. The van der Waals surface area contributed by atoms with E-state index >= 15 is 0 Å². The minimum atomic E-state index is -1.69.